The van der Waals surface area contributed by atoms with E-state index in [1.165, 1.54) is 6.42 Å². The molecular formula is C42H60N2O5. The van der Waals surface area contributed by atoms with Crippen molar-refractivity contribution in [2.24, 2.45) is 39.4 Å². The van der Waals surface area contributed by atoms with Gasteiger partial charge in [-0.2, -0.15) is 0 Å². The number of nitrogens with zero attached hydrogens (tertiary/aromatic N) is 1. The van der Waals surface area contributed by atoms with Crippen LogP contribution in [0.4, 0.5) is 4.79 Å². The Labute approximate surface area is 293 Å². The highest BCUT2D eigenvalue weighted by Gasteiger charge is 2.74. The molecule has 4 fully saturated rings. The molecule has 0 aliphatic heterocycles. The smallest absolute Gasteiger partial charge is 0.317 e. The van der Waals surface area contributed by atoms with Gasteiger partial charge in [0.25, 0.3) is 0 Å². The van der Waals surface area contributed by atoms with E-state index in [4.69, 9.17) is 4.74 Å². The Balaban J connectivity index is 1.23. The summed E-state index contributed by atoms with van der Waals surface area (Å²) in [6.07, 6.45) is 18.5. The molecule has 2 spiro atoms. The zero-order chi connectivity index (χ0) is 34.7. The summed E-state index contributed by atoms with van der Waals surface area (Å²) in [6, 6.07) is 9.66. The highest BCUT2D eigenvalue weighted by Crippen LogP contribution is 2.78. The molecular weight excluding hydrogens is 612 g/mol. The van der Waals surface area contributed by atoms with Crippen molar-refractivity contribution >= 4 is 11.8 Å². The van der Waals surface area contributed by atoms with E-state index in [0.717, 1.165) is 68.9 Å². The minimum atomic E-state index is -1.10. The fourth-order valence-electron chi connectivity index (χ4n) is 12.3. The summed E-state index contributed by atoms with van der Waals surface area (Å²) < 4.78 is 5.38. The Hall–Kier alpha value is -2.48. The van der Waals surface area contributed by atoms with E-state index in [1.54, 1.807) is 7.11 Å². The van der Waals surface area contributed by atoms with Gasteiger partial charge in [0.15, 0.2) is 5.78 Å². The van der Waals surface area contributed by atoms with E-state index in [0.29, 0.717) is 44.1 Å². The second-order valence-corrected chi connectivity index (χ2v) is 17.4. The number of carbonyl (C=O) groups excluding carboxylic acids is 2. The number of aliphatic hydroxyl groups excluding tert-OH is 1. The van der Waals surface area contributed by atoms with Crippen LogP contribution in [0.25, 0.3) is 0 Å². The fourth-order valence-corrected chi connectivity index (χ4v) is 12.3. The number of allylic oxidation sites excluding steroid dienone is 4. The van der Waals surface area contributed by atoms with Crippen molar-refractivity contribution in [2.45, 2.75) is 122 Å². The number of nitrogens with one attached hydrogen (secondary N) is 1. The number of hydrogen-bond donors (Lipinski definition) is 3. The van der Waals surface area contributed by atoms with Crippen LogP contribution in [0.5, 0.6) is 0 Å². The van der Waals surface area contributed by atoms with Gasteiger partial charge in [-0.3, -0.25) is 4.79 Å². The Morgan fingerprint density at radius 1 is 0.959 bits per heavy atom. The quantitative estimate of drug-likeness (QED) is 0.176. The number of fused-ring (bicyclic) bond motifs is 1. The predicted octanol–water partition coefficient (Wildman–Crippen LogP) is 7.54. The molecule has 0 aromatic heterocycles. The summed E-state index contributed by atoms with van der Waals surface area (Å²) in [5, 5.41) is 27.2. The molecule has 9 atom stereocenters. The number of rotatable bonds is 10. The van der Waals surface area contributed by atoms with Crippen LogP contribution in [-0.4, -0.2) is 65.4 Å². The number of Topliss-reactive ketones (excluding diaryl/α,β-unsaturated/α-hetero) is 1. The lowest BCUT2D eigenvalue weighted by Crippen LogP contribution is -2.67. The normalized spacial score (nSPS) is 40.1. The maximum absolute atomic E-state index is 14.8. The number of benzene rings is 1. The molecule has 8 rings (SSSR count). The maximum atomic E-state index is 14.8. The predicted molar refractivity (Wildman–Crippen MR) is 192 cm³/mol. The molecule has 7 nitrogen and oxygen atoms in total. The number of methoxy groups -OCH3 is 1. The Kier molecular flexibility index (Phi) is 9.22. The minimum absolute atomic E-state index is 0.0426. The summed E-state index contributed by atoms with van der Waals surface area (Å²) in [5.41, 5.74) is -0.308. The Bertz CT molecular complexity index is 1470. The van der Waals surface area contributed by atoms with Crippen LogP contribution in [-0.2, 0) is 9.53 Å². The van der Waals surface area contributed by atoms with Gasteiger partial charge in [0.05, 0.1) is 24.3 Å². The molecule has 7 aliphatic carbocycles. The van der Waals surface area contributed by atoms with Gasteiger partial charge < -0.3 is 25.2 Å². The minimum Gasteiger partial charge on any atom is -0.393 e. The molecule has 1 aromatic rings. The lowest BCUT2D eigenvalue weighted by atomic mass is 9.32. The molecule has 7 aliphatic rings. The molecule has 4 saturated carbocycles. The van der Waals surface area contributed by atoms with E-state index in [-0.39, 0.29) is 47.4 Å². The van der Waals surface area contributed by atoms with Gasteiger partial charge in [-0.25, -0.2) is 4.79 Å². The van der Waals surface area contributed by atoms with Crippen molar-refractivity contribution in [1.82, 2.24) is 10.2 Å². The van der Waals surface area contributed by atoms with Gasteiger partial charge >= 0.3 is 6.03 Å². The van der Waals surface area contributed by atoms with Crippen molar-refractivity contribution in [3.8, 4) is 0 Å². The highest BCUT2D eigenvalue weighted by atomic mass is 16.5. The third-order valence-corrected chi connectivity index (χ3v) is 15.1. The molecule has 49 heavy (non-hydrogen) atoms. The largest absolute Gasteiger partial charge is 0.393 e. The first-order valence-corrected chi connectivity index (χ1v) is 19.4. The summed E-state index contributed by atoms with van der Waals surface area (Å²) in [5.74, 6) is 0.788. The SMILES string of the molecule is COCCCN(C[C@]1(O)CC[C@H]2[C@]34C=C[C@@]5(C=C3C(=O)C3CCCCC3)CC(O)CC[C@]5(C)[C@H]4CC[C@@]21C)C(=O)N[C@H](C)c1ccccc1. The molecule has 2 amide bonds. The van der Waals surface area contributed by atoms with Crippen LogP contribution < -0.4 is 5.32 Å². The molecule has 0 heterocycles. The molecule has 268 valence electrons. The van der Waals surface area contributed by atoms with E-state index in [1.807, 2.05) is 42.2 Å². The lowest BCUT2D eigenvalue weighted by molar-refractivity contribution is -0.178. The lowest BCUT2D eigenvalue weighted by Gasteiger charge is -2.71. The average molecular weight is 673 g/mol. The number of ketones is 1. The van der Waals surface area contributed by atoms with Crippen molar-refractivity contribution in [2.75, 3.05) is 26.8 Å². The number of urea groups is 1. The molecule has 3 N–H and O–H groups in total. The van der Waals surface area contributed by atoms with Gasteiger partial charge in [0.2, 0.25) is 0 Å². The van der Waals surface area contributed by atoms with Gasteiger partial charge in [-0.05, 0) is 93.9 Å². The van der Waals surface area contributed by atoms with Crippen LogP contribution >= 0.6 is 0 Å². The number of ether oxygens (including phenoxy) is 1. The third-order valence-electron chi connectivity index (χ3n) is 15.1. The standard InChI is InChI=1S/C42H60N2O5/c1-29(30-12-7-5-8-13-30)43-37(47)44(24-11-25-49-4)28-41(48)21-18-35-39(41,3)20-17-34-38(2)19-16-32(45)26-40(38)22-23-42(34,35)33(27-40)36(46)31-14-9-6-10-15-31/h5,7-8,12-13,22-23,27,29,31-32,34-35,45,48H,6,9-11,14-21,24-26,28H2,1-4H3,(H,43,47)/t29-,32?,34-,35-,38-,39+,40+,41-,42-/m1/s1. The van der Waals surface area contributed by atoms with Crippen molar-refractivity contribution in [1.29, 1.82) is 0 Å². The van der Waals surface area contributed by atoms with Crippen LogP contribution in [0.2, 0.25) is 0 Å². The highest BCUT2D eigenvalue weighted by molar-refractivity contribution is 6.00. The maximum Gasteiger partial charge on any atom is 0.317 e. The molecule has 1 unspecified atom stereocenters. The number of amides is 2. The van der Waals surface area contributed by atoms with Crippen LogP contribution in [0.15, 0.2) is 54.1 Å². The number of hydrogen-bond acceptors (Lipinski definition) is 5. The van der Waals surface area contributed by atoms with Gasteiger partial charge in [-0.15, -0.1) is 0 Å². The second kappa shape index (κ2) is 12.9. The van der Waals surface area contributed by atoms with Crippen LogP contribution in [0.1, 0.15) is 116 Å². The van der Waals surface area contributed by atoms with Crippen molar-refractivity contribution in [3.05, 3.63) is 59.7 Å². The van der Waals surface area contributed by atoms with E-state index in [9.17, 15) is 19.8 Å². The zero-order valence-electron chi connectivity index (χ0n) is 30.4. The molecule has 2 bridgehead atoms. The zero-order valence-corrected chi connectivity index (χ0v) is 30.4. The Morgan fingerprint density at radius 3 is 2.39 bits per heavy atom. The summed E-state index contributed by atoms with van der Waals surface area (Å²) >= 11 is 0. The average Bonchev–Trinajstić information content (AvgIpc) is 3.38. The van der Waals surface area contributed by atoms with E-state index in [2.05, 4.69) is 37.4 Å². The van der Waals surface area contributed by atoms with Gasteiger partial charge in [-0.1, -0.05) is 81.7 Å². The van der Waals surface area contributed by atoms with Crippen molar-refractivity contribution < 1.29 is 24.5 Å². The summed E-state index contributed by atoms with van der Waals surface area (Å²) in [7, 11) is 1.68. The summed E-state index contributed by atoms with van der Waals surface area (Å²) in [4.78, 5) is 30.7. The topological polar surface area (TPSA) is 99.1 Å². The fraction of sp³-hybridized carbons (Fsp3) is 0.714. The van der Waals surface area contributed by atoms with Crippen LogP contribution in [0.3, 0.4) is 0 Å². The second-order valence-electron chi connectivity index (χ2n) is 17.4. The first-order chi connectivity index (χ1) is 23.4. The Morgan fingerprint density at radius 2 is 1.65 bits per heavy atom. The first-order valence-electron chi connectivity index (χ1n) is 19.4. The summed E-state index contributed by atoms with van der Waals surface area (Å²) in [6.45, 7) is 8.01. The molecule has 0 radical (unpaired) electrons. The number of carbonyl (C=O) groups is 2. The van der Waals surface area contributed by atoms with Crippen molar-refractivity contribution in [3.63, 3.8) is 0 Å². The molecule has 7 heteroatoms. The molecule has 1 aromatic carbocycles. The third kappa shape index (κ3) is 5.39. The first kappa shape index (κ1) is 34.9. The van der Waals surface area contributed by atoms with Crippen LogP contribution in [0, 0.1) is 39.4 Å². The van der Waals surface area contributed by atoms with Gasteiger partial charge in [0, 0.05) is 48.0 Å². The van der Waals surface area contributed by atoms with E-state index >= 15 is 0 Å². The molecule has 0 saturated heterocycles. The monoisotopic (exact) mass is 672 g/mol. The van der Waals surface area contributed by atoms with Gasteiger partial charge in [0.1, 0.15) is 0 Å². The number of aliphatic hydroxyl groups is 2. The van der Waals surface area contributed by atoms with E-state index < -0.39 is 16.4 Å².